The number of hydrogen-bond donors (Lipinski definition) is 3. The van der Waals surface area contributed by atoms with Gasteiger partial charge in [-0.1, -0.05) is 0 Å². The van der Waals surface area contributed by atoms with Gasteiger partial charge >= 0.3 is 0 Å². The van der Waals surface area contributed by atoms with Crippen LogP contribution in [0.3, 0.4) is 0 Å². The number of benzene rings is 1. The van der Waals surface area contributed by atoms with Crippen LogP contribution in [0.25, 0.3) is 0 Å². The molecule has 0 saturated heterocycles. The fourth-order valence-corrected chi connectivity index (χ4v) is 2.26. The highest BCUT2D eigenvalue weighted by molar-refractivity contribution is 6.05. The van der Waals surface area contributed by atoms with Gasteiger partial charge in [-0.25, -0.2) is 4.39 Å². The van der Waals surface area contributed by atoms with Crippen LogP contribution in [0.15, 0.2) is 18.3 Å². The van der Waals surface area contributed by atoms with Crippen LogP contribution in [0.2, 0.25) is 0 Å². The summed E-state index contributed by atoms with van der Waals surface area (Å²) in [6, 6.07) is 2.78. The highest BCUT2D eigenvalue weighted by Crippen LogP contribution is 2.28. The summed E-state index contributed by atoms with van der Waals surface area (Å²) in [7, 11) is 0. The summed E-state index contributed by atoms with van der Waals surface area (Å²) in [6.45, 7) is 1.70. The van der Waals surface area contributed by atoms with Crippen LogP contribution in [-0.4, -0.2) is 22.0 Å². The molecule has 0 spiro atoms. The molecule has 0 atom stereocenters. The van der Waals surface area contributed by atoms with E-state index in [2.05, 4.69) is 20.8 Å². The topological polar surface area (TPSA) is 86.9 Å². The van der Waals surface area contributed by atoms with Crippen molar-refractivity contribution in [1.82, 2.24) is 10.2 Å². The zero-order valence-corrected chi connectivity index (χ0v) is 11.3. The molecule has 6 nitrogen and oxygen atoms in total. The first-order valence-electron chi connectivity index (χ1n) is 6.48. The van der Waals surface area contributed by atoms with Crippen molar-refractivity contribution in [2.75, 3.05) is 10.6 Å². The van der Waals surface area contributed by atoms with Crippen LogP contribution in [0.1, 0.15) is 28.0 Å². The quantitative estimate of drug-likeness (QED) is 0.789. The van der Waals surface area contributed by atoms with Crippen molar-refractivity contribution in [1.29, 1.82) is 0 Å². The van der Waals surface area contributed by atoms with Crippen LogP contribution >= 0.6 is 0 Å². The fraction of sp³-hybridized carbons (Fsp3) is 0.214. The summed E-state index contributed by atoms with van der Waals surface area (Å²) in [4.78, 5) is 23.4. The molecule has 3 rings (SSSR count). The normalized spacial score (nSPS) is 13.5. The Hall–Kier alpha value is -2.70. The Bertz CT molecular complexity index is 739. The third-order valence-corrected chi connectivity index (χ3v) is 3.41. The number of anilines is 2. The largest absolute Gasteiger partial charge is 0.326 e. The first-order chi connectivity index (χ1) is 10.0. The van der Waals surface area contributed by atoms with E-state index in [1.165, 1.54) is 18.3 Å². The first kappa shape index (κ1) is 13.3. The predicted octanol–water partition coefficient (Wildman–Crippen LogP) is 1.99. The number of aryl methyl sites for hydroxylation is 2. The summed E-state index contributed by atoms with van der Waals surface area (Å²) in [5, 5.41) is 11.6. The van der Waals surface area contributed by atoms with Crippen LogP contribution in [-0.2, 0) is 11.2 Å². The van der Waals surface area contributed by atoms with Gasteiger partial charge in [0.2, 0.25) is 5.91 Å². The SMILES string of the molecule is Cc1[nH]ncc1C(=O)Nc1cc2c(cc1F)CCC(=O)N2. The second-order valence-corrected chi connectivity index (χ2v) is 4.90. The molecule has 3 N–H and O–H groups in total. The van der Waals surface area contributed by atoms with Gasteiger partial charge in [0, 0.05) is 17.8 Å². The van der Waals surface area contributed by atoms with Gasteiger partial charge in [-0.15, -0.1) is 0 Å². The zero-order valence-electron chi connectivity index (χ0n) is 11.3. The molecule has 1 aromatic carbocycles. The Morgan fingerprint density at radius 3 is 2.90 bits per heavy atom. The van der Waals surface area contributed by atoms with Gasteiger partial charge in [-0.05, 0) is 31.0 Å². The van der Waals surface area contributed by atoms with E-state index in [0.717, 1.165) is 5.56 Å². The van der Waals surface area contributed by atoms with Crippen molar-refractivity contribution >= 4 is 23.2 Å². The lowest BCUT2D eigenvalue weighted by Gasteiger charge is -2.18. The smallest absolute Gasteiger partial charge is 0.259 e. The minimum Gasteiger partial charge on any atom is -0.326 e. The minimum absolute atomic E-state index is 0.0292. The molecule has 21 heavy (non-hydrogen) atoms. The monoisotopic (exact) mass is 288 g/mol. The number of halogens is 1. The molecule has 2 aromatic rings. The van der Waals surface area contributed by atoms with Crippen LogP contribution in [0.4, 0.5) is 15.8 Å². The second kappa shape index (κ2) is 5.01. The first-order valence-corrected chi connectivity index (χ1v) is 6.48. The molecule has 2 heterocycles. The molecule has 1 aliphatic rings. The molecule has 108 valence electrons. The number of carbonyl (C=O) groups excluding carboxylic acids is 2. The zero-order chi connectivity index (χ0) is 15.0. The molecule has 2 amide bonds. The van der Waals surface area contributed by atoms with Crippen molar-refractivity contribution in [3.8, 4) is 0 Å². The summed E-state index contributed by atoms with van der Waals surface area (Å²) in [5.74, 6) is -1.10. The lowest BCUT2D eigenvalue weighted by atomic mass is 10.0. The summed E-state index contributed by atoms with van der Waals surface area (Å²) in [6.07, 6.45) is 2.21. The van der Waals surface area contributed by atoms with Crippen molar-refractivity contribution in [2.24, 2.45) is 0 Å². The van der Waals surface area contributed by atoms with Crippen LogP contribution in [0.5, 0.6) is 0 Å². The number of carbonyl (C=O) groups is 2. The maximum Gasteiger partial charge on any atom is 0.259 e. The number of aromatic nitrogens is 2. The van der Waals surface area contributed by atoms with Crippen LogP contribution in [0, 0.1) is 12.7 Å². The third kappa shape index (κ3) is 2.49. The lowest BCUT2D eigenvalue weighted by molar-refractivity contribution is -0.116. The molecule has 1 aromatic heterocycles. The second-order valence-electron chi connectivity index (χ2n) is 4.90. The van der Waals surface area contributed by atoms with E-state index in [0.29, 0.717) is 29.8 Å². The van der Waals surface area contributed by atoms with Gasteiger partial charge in [0.25, 0.3) is 5.91 Å². The van der Waals surface area contributed by atoms with Crippen molar-refractivity contribution in [3.05, 3.63) is 41.0 Å². The highest BCUT2D eigenvalue weighted by atomic mass is 19.1. The molecule has 0 unspecified atom stereocenters. The Morgan fingerprint density at radius 2 is 2.19 bits per heavy atom. The summed E-state index contributed by atoms with van der Waals surface area (Å²) in [5.41, 5.74) is 2.23. The summed E-state index contributed by atoms with van der Waals surface area (Å²) >= 11 is 0. The van der Waals surface area contributed by atoms with Gasteiger partial charge in [-0.2, -0.15) is 5.10 Å². The Kier molecular flexibility index (Phi) is 3.17. The van der Waals surface area contributed by atoms with Gasteiger partial charge in [-0.3, -0.25) is 14.7 Å². The van der Waals surface area contributed by atoms with Crippen molar-refractivity contribution in [2.45, 2.75) is 19.8 Å². The standard InChI is InChI=1S/C14H13FN4O2/c1-7-9(6-16-19-7)14(21)18-12-5-11-8(4-10(12)15)2-3-13(20)17-11/h4-6H,2-3H2,1H3,(H,16,19)(H,17,20)(H,18,21). The number of H-pyrrole nitrogens is 1. The summed E-state index contributed by atoms with van der Waals surface area (Å²) < 4.78 is 14.0. The average molecular weight is 288 g/mol. The van der Waals surface area contributed by atoms with E-state index in [-0.39, 0.29) is 11.6 Å². The molecule has 1 aliphatic heterocycles. The average Bonchev–Trinajstić information content (AvgIpc) is 2.86. The lowest BCUT2D eigenvalue weighted by Crippen LogP contribution is -2.20. The number of rotatable bonds is 2. The number of nitrogens with zero attached hydrogens (tertiary/aromatic N) is 1. The molecule has 0 aliphatic carbocycles. The highest BCUT2D eigenvalue weighted by Gasteiger charge is 2.19. The van der Waals surface area contributed by atoms with Crippen molar-refractivity contribution in [3.63, 3.8) is 0 Å². The third-order valence-electron chi connectivity index (χ3n) is 3.41. The molecule has 0 bridgehead atoms. The molecule has 7 heteroatoms. The Morgan fingerprint density at radius 1 is 1.38 bits per heavy atom. The maximum absolute atomic E-state index is 14.0. The molecule has 0 radical (unpaired) electrons. The van der Waals surface area contributed by atoms with Gasteiger partial charge in [0.1, 0.15) is 5.82 Å². The molecule has 0 saturated carbocycles. The van der Waals surface area contributed by atoms with E-state index in [1.54, 1.807) is 6.92 Å². The van der Waals surface area contributed by atoms with Gasteiger partial charge in [0.15, 0.2) is 0 Å². The number of amides is 2. The van der Waals surface area contributed by atoms with E-state index < -0.39 is 11.7 Å². The van der Waals surface area contributed by atoms with E-state index in [4.69, 9.17) is 0 Å². The number of fused-ring (bicyclic) bond motifs is 1. The fourth-order valence-electron chi connectivity index (χ4n) is 2.26. The maximum atomic E-state index is 14.0. The Labute approximate surface area is 119 Å². The van der Waals surface area contributed by atoms with Gasteiger partial charge < -0.3 is 10.6 Å². The van der Waals surface area contributed by atoms with E-state index >= 15 is 0 Å². The molecule has 0 fully saturated rings. The van der Waals surface area contributed by atoms with Crippen LogP contribution < -0.4 is 10.6 Å². The molecular formula is C14H13FN4O2. The van der Waals surface area contributed by atoms with Crippen molar-refractivity contribution < 1.29 is 14.0 Å². The predicted molar refractivity (Wildman–Crippen MR) is 74.6 cm³/mol. The molecular weight excluding hydrogens is 275 g/mol. The van der Waals surface area contributed by atoms with Gasteiger partial charge in [0.05, 0.1) is 17.4 Å². The number of aromatic amines is 1. The number of nitrogens with one attached hydrogen (secondary N) is 3. The number of hydrogen-bond acceptors (Lipinski definition) is 3. The van der Waals surface area contributed by atoms with E-state index in [9.17, 15) is 14.0 Å². The van der Waals surface area contributed by atoms with E-state index in [1.807, 2.05) is 0 Å². The minimum atomic E-state index is -0.528. The Balaban J connectivity index is 1.89.